The zero-order chi connectivity index (χ0) is 13.1. The molecule has 0 aromatic carbocycles. The van der Waals surface area contributed by atoms with E-state index in [0.29, 0.717) is 5.78 Å². The fourth-order valence-corrected chi connectivity index (χ4v) is 6.11. The van der Waals surface area contributed by atoms with Crippen LogP contribution in [0.4, 0.5) is 0 Å². The molecule has 18 heavy (non-hydrogen) atoms. The molecule has 3 nitrogen and oxygen atoms in total. The maximum atomic E-state index is 12.5. The summed E-state index contributed by atoms with van der Waals surface area (Å²) in [5, 5.41) is 9.23. The predicted molar refractivity (Wildman–Crippen MR) is 73.9 cm³/mol. The monoisotopic (exact) mass is 282 g/mol. The van der Waals surface area contributed by atoms with Gasteiger partial charge in [-0.2, -0.15) is 0 Å². The van der Waals surface area contributed by atoms with Gasteiger partial charge >= 0.3 is 0 Å². The van der Waals surface area contributed by atoms with Gasteiger partial charge in [-0.25, -0.2) is 0 Å². The minimum Gasteiger partial charge on any atom is -0.298 e. The van der Waals surface area contributed by atoms with E-state index in [2.05, 4.69) is 31.0 Å². The zero-order valence-corrected chi connectivity index (χ0v) is 12.8. The third-order valence-electron chi connectivity index (χ3n) is 5.20. The van der Waals surface area contributed by atoms with E-state index in [-0.39, 0.29) is 22.0 Å². The minimum absolute atomic E-state index is 0.0681. The number of nitrogens with zero attached hydrogens (tertiary/aromatic N) is 2. The third kappa shape index (κ3) is 1.46. The number of aromatic nitrogens is 2. The molecule has 0 radical (unpaired) electrons. The average molecular weight is 282 g/mol. The standard InChI is InChI=1S/C13H18N2OS2/c1-7-14-15-11(17-7)18-10-9(16)8-5-6-13(10,4)12(8,2)3/h8,10H,5-6H2,1-4H3/t8-,10-,13-/m1/s1. The van der Waals surface area contributed by atoms with Crippen LogP contribution < -0.4 is 0 Å². The second-order valence-electron chi connectivity index (χ2n) is 6.22. The Labute approximate surface area is 116 Å². The van der Waals surface area contributed by atoms with Crippen molar-refractivity contribution in [3.8, 4) is 0 Å². The Morgan fingerprint density at radius 2 is 2.06 bits per heavy atom. The van der Waals surface area contributed by atoms with Gasteiger partial charge < -0.3 is 0 Å². The van der Waals surface area contributed by atoms with E-state index >= 15 is 0 Å². The summed E-state index contributed by atoms with van der Waals surface area (Å²) in [5.41, 5.74) is 0.237. The molecule has 2 aliphatic carbocycles. The largest absolute Gasteiger partial charge is 0.298 e. The molecule has 0 N–H and O–H groups in total. The van der Waals surface area contributed by atoms with Gasteiger partial charge in [0.1, 0.15) is 10.8 Å². The number of hydrogen-bond acceptors (Lipinski definition) is 5. The number of aryl methyl sites for hydroxylation is 1. The topological polar surface area (TPSA) is 42.9 Å². The van der Waals surface area contributed by atoms with Crippen LogP contribution in [0.25, 0.3) is 0 Å². The number of fused-ring (bicyclic) bond motifs is 2. The van der Waals surface area contributed by atoms with Crippen molar-refractivity contribution in [1.29, 1.82) is 0 Å². The maximum Gasteiger partial charge on any atom is 0.175 e. The number of rotatable bonds is 2. The summed E-state index contributed by atoms with van der Waals surface area (Å²) in [5.74, 6) is 0.681. The molecule has 2 aliphatic rings. The van der Waals surface area contributed by atoms with Gasteiger partial charge in [0, 0.05) is 5.92 Å². The smallest absolute Gasteiger partial charge is 0.175 e. The lowest BCUT2D eigenvalue weighted by atomic mass is 9.71. The Hall–Kier alpha value is -0.420. The molecular formula is C13H18N2OS2. The van der Waals surface area contributed by atoms with Gasteiger partial charge in [-0.3, -0.25) is 4.79 Å². The molecule has 0 amide bonds. The normalized spacial score (nSPS) is 37.4. The number of Topliss-reactive ketones (excluding diaryl/α,β-unsaturated/α-hetero) is 1. The summed E-state index contributed by atoms with van der Waals surface area (Å²) in [6, 6.07) is 0. The number of carbonyl (C=O) groups is 1. The molecular weight excluding hydrogens is 264 g/mol. The van der Waals surface area contributed by atoms with Crippen LogP contribution in [-0.2, 0) is 4.79 Å². The molecule has 0 saturated heterocycles. The second-order valence-corrected chi connectivity index (χ2v) is 8.75. The highest BCUT2D eigenvalue weighted by Gasteiger charge is 2.66. The quantitative estimate of drug-likeness (QED) is 0.834. The molecule has 5 heteroatoms. The minimum atomic E-state index is 0.0681. The molecule has 2 bridgehead atoms. The van der Waals surface area contributed by atoms with Crippen molar-refractivity contribution in [3.63, 3.8) is 0 Å². The zero-order valence-electron chi connectivity index (χ0n) is 11.2. The molecule has 2 fully saturated rings. The van der Waals surface area contributed by atoms with Crippen LogP contribution in [0.1, 0.15) is 38.6 Å². The fourth-order valence-electron chi connectivity index (χ4n) is 3.60. The molecule has 3 rings (SSSR count). The summed E-state index contributed by atoms with van der Waals surface area (Å²) in [7, 11) is 0. The van der Waals surface area contributed by atoms with Crippen molar-refractivity contribution in [2.75, 3.05) is 0 Å². The first kappa shape index (κ1) is 12.6. The number of thioether (sulfide) groups is 1. The highest BCUT2D eigenvalue weighted by molar-refractivity contribution is 8.02. The maximum absolute atomic E-state index is 12.5. The van der Waals surface area contributed by atoms with Gasteiger partial charge in [-0.1, -0.05) is 43.9 Å². The van der Waals surface area contributed by atoms with Crippen molar-refractivity contribution >= 4 is 28.9 Å². The van der Waals surface area contributed by atoms with E-state index in [1.54, 1.807) is 23.1 Å². The van der Waals surface area contributed by atoms with Crippen molar-refractivity contribution in [2.24, 2.45) is 16.7 Å². The molecule has 1 aromatic heterocycles. The SMILES string of the molecule is Cc1nnc(S[C@@H]2C(=O)[C@H]3CC[C@@]2(C)C3(C)C)s1. The Morgan fingerprint density at radius 3 is 2.56 bits per heavy atom. The summed E-state index contributed by atoms with van der Waals surface area (Å²) >= 11 is 3.23. The van der Waals surface area contributed by atoms with E-state index in [4.69, 9.17) is 0 Å². The Morgan fingerprint density at radius 1 is 1.33 bits per heavy atom. The van der Waals surface area contributed by atoms with E-state index < -0.39 is 0 Å². The predicted octanol–water partition coefficient (Wildman–Crippen LogP) is 3.33. The first-order chi connectivity index (χ1) is 8.36. The highest BCUT2D eigenvalue weighted by atomic mass is 32.2. The van der Waals surface area contributed by atoms with Crippen LogP contribution in [0.15, 0.2) is 4.34 Å². The Bertz CT molecular complexity index is 511. The molecule has 1 heterocycles. The number of carbonyl (C=O) groups excluding carboxylic acids is 1. The van der Waals surface area contributed by atoms with Crippen LogP contribution in [0, 0.1) is 23.7 Å². The van der Waals surface area contributed by atoms with Crippen LogP contribution in [0.5, 0.6) is 0 Å². The van der Waals surface area contributed by atoms with Gasteiger partial charge in [-0.15, -0.1) is 10.2 Å². The molecule has 1 aromatic rings. The molecule has 0 aliphatic heterocycles. The summed E-state index contributed by atoms with van der Waals surface area (Å²) < 4.78 is 0.940. The highest BCUT2D eigenvalue weighted by Crippen LogP contribution is 2.67. The third-order valence-corrected chi connectivity index (χ3v) is 7.65. The molecule has 0 unspecified atom stereocenters. The van der Waals surface area contributed by atoms with Crippen molar-refractivity contribution < 1.29 is 4.79 Å². The average Bonchev–Trinajstić information content (AvgIpc) is 2.82. The first-order valence-electron chi connectivity index (χ1n) is 6.37. The van der Waals surface area contributed by atoms with E-state index in [1.165, 1.54) is 0 Å². The van der Waals surface area contributed by atoms with E-state index in [0.717, 1.165) is 22.2 Å². The summed E-state index contributed by atoms with van der Waals surface area (Å²) in [6.45, 7) is 8.75. The first-order valence-corrected chi connectivity index (χ1v) is 8.06. The van der Waals surface area contributed by atoms with Crippen molar-refractivity contribution in [1.82, 2.24) is 10.2 Å². The number of hydrogen-bond donors (Lipinski definition) is 0. The summed E-state index contributed by atoms with van der Waals surface area (Å²) in [6.07, 6.45) is 2.22. The van der Waals surface area contributed by atoms with Gasteiger partial charge in [0.05, 0.1) is 5.25 Å². The Balaban J connectivity index is 1.92. The summed E-state index contributed by atoms with van der Waals surface area (Å²) in [4.78, 5) is 12.5. The van der Waals surface area contributed by atoms with Crippen molar-refractivity contribution in [2.45, 2.75) is 50.1 Å². The van der Waals surface area contributed by atoms with Crippen molar-refractivity contribution in [3.05, 3.63) is 5.01 Å². The van der Waals surface area contributed by atoms with Gasteiger partial charge in [0.25, 0.3) is 0 Å². The van der Waals surface area contributed by atoms with Gasteiger partial charge in [-0.05, 0) is 30.6 Å². The molecule has 98 valence electrons. The van der Waals surface area contributed by atoms with Crippen LogP contribution in [0.2, 0.25) is 0 Å². The lowest BCUT2D eigenvalue weighted by Crippen LogP contribution is -2.35. The van der Waals surface area contributed by atoms with Gasteiger partial charge in [0.15, 0.2) is 4.34 Å². The number of ketones is 1. The molecule has 3 atom stereocenters. The molecule has 0 spiro atoms. The fraction of sp³-hybridized carbons (Fsp3) is 0.769. The van der Waals surface area contributed by atoms with E-state index in [9.17, 15) is 4.79 Å². The van der Waals surface area contributed by atoms with Crippen LogP contribution in [0.3, 0.4) is 0 Å². The molecule has 2 saturated carbocycles. The lowest BCUT2D eigenvalue weighted by molar-refractivity contribution is -0.122. The lowest BCUT2D eigenvalue weighted by Gasteiger charge is -2.37. The second kappa shape index (κ2) is 3.79. The van der Waals surface area contributed by atoms with Crippen LogP contribution in [-0.4, -0.2) is 21.2 Å². The van der Waals surface area contributed by atoms with Crippen LogP contribution >= 0.6 is 23.1 Å². The van der Waals surface area contributed by atoms with E-state index in [1.807, 2.05) is 6.92 Å². The Kier molecular flexibility index (Phi) is 2.66. The van der Waals surface area contributed by atoms with Gasteiger partial charge in [0.2, 0.25) is 0 Å².